The van der Waals surface area contributed by atoms with Crippen LogP contribution in [0.3, 0.4) is 0 Å². The van der Waals surface area contributed by atoms with E-state index in [0.29, 0.717) is 5.56 Å². The Kier molecular flexibility index (Phi) is 6.95. The highest BCUT2D eigenvalue weighted by atomic mass is 16.7. The second kappa shape index (κ2) is 9.62. The summed E-state index contributed by atoms with van der Waals surface area (Å²) in [5.74, 6) is -1.29. The highest BCUT2D eigenvalue weighted by molar-refractivity contribution is 5.89. The lowest BCUT2D eigenvalue weighted by Gasteiger charge is -2.41. The average molecular weight is 402 g/mol. The SMILES string of the molecule is CO[C@H]1O[C@H](COC(=O)c2ccccc2)[C@@H](O)[C@H](O)[C@@H]1OC(=O)c1ccccc1. The molecule has 0 aliphatic carbocycles. The zero-order valence-electron chi connectivity index (χ0n) is 15.7. The van der Waals surface area contributed by atoms with Gasteiger partial charge in [-0.2, -0.15) is 0 Å². The summed E-state index contributed by atoms with van der Waals surface area (Å²) in [4.78, 5) is 24.4. The van der Waals surface area contributed by atoms with Crippen molar-refractivity contribution in [1.29, 1.82) is 0 Å². The van der Waals surface area contributed by atoms with E-state index in [0.717, 1.165) is 0 Å². The second-order valence-corrected chi connectivity index (χ2v) is 6.46. The Morgan fingerprint density at radius 3 is 2.00 bits per heavy atom. The fourth-order valence-corrected chi connectivity index (χ4v) is 2.94. The molecule has 2 aromatic carbocycles. The van der Waals surface area contributed by atoms with Crippen LogP contribution >= 0.6 is 0 Å². The Morgan fingerprint density at radius 2 is 1.45 bits per heavy atom. The Bertz CT molecular complexity index is 806. The molecule has 5 atom stereocenters. The normalized spacial score (nSPS) is 26.5. The molecule has 154 valence electrons. The number of aliphatic hydroxyl groups excluding tert-OH is 2. The van der Waals surface area contributed by atoms with Crippen LogP contribution in [-0.4, -0.2) is 66.6 Å². The molecule has 0 saturated carbocycles. The van der Waals surface area contributed by atoms with Crippen LogP contribution in [0.4, 0.5) is 0 Å². The maximum Gasteiger partial charge on any atom is 0.338 e. The van der Waals surface area contributed by atoms with Crippen LogP contribution in [0.15, 0.2) is 60.7 Å². The van der Waals surface area contributed by atoms with E-state index in [1.165, 1.54) is 7.11 Å². The molecule has 0 unspecified atom stereocenters. The number of methoxy groups -OCH3 is 1. The molecule has 29 heavy (non-hydrogen) atoms. The molecular formula is C21H22O8. The summed E-state index contributed by atoms with van der Waals surface area (Å²) in [5.41, 5.74) is 0.624. The molecule has 0 radical (unpaired) electrons. The number of esters is 2. The lowest BCUT2D eigenvalue weighted by atomic mass is 9.99. The largest absolute Gasteiger partial charge is 0.459 e. The predicted octanol–water partition coefficient (Wildman–Crippen LogP) is 1.16. The fourth-order valence-electron chi connectivity index (χ4n) is 2.94. The molecule has 1 aliphatic rings. The molecule has 0 bridgehead atoms. The van der Waals surface area contributed by atoms with Gasteiger partial charge in [-0.15, -0.1) is 0 Å². The van der Waals surface area contributed by atoms with Gasteiger partial charge in [-0.05, 0) is 24.3 Å². The Morgan fingerprint density at radius 1 is 0.897 bits per heavy atom. The van der Waals surface area contributed by atoms with Crippen molar-refractivity contribution in [2.75, 3.05) is 13.7 Å². The van der Waals surface area contributed by atoms with Gasteiger partial charge in [0.1, 0.15) is 24.9 Å². The lowest BCUT2D eigenvalue weighted by molar-refractivity contribution is -0.293. The summed E-state index contributed by atoms with van der Waals surface area (Å²) in [6.45, 7) is -0.314. The molecule has 1 fully saturated rings. The second-order valence-electron chi connectivity index (χ2n) is 6.46. The van der Waals surface area contributed by atoms with E-state index in [4.69, 9.17) is 18.9 Å². The van der Waals surface area contributed by atoms with Crippen molar-refractivity contribution in [3.8, 4) is 0 Å². The minimum Gasteiger partial charge on any atom is -0.459 e. The minimum absolute atomic E-state index is 0.281. The maximum absolute atomic E-state index is 12.3. The Balaban J connectivity index is 1.63. The molecule has 2 N–H and O–H groups in total. The monoisotopic (exact) mass is 402 g/mol. The van der Waals surface area contributed by atoms with Crippen LogP contribution in [0.2, 0.25) is 0 Å². The molecule has 0 aromatic heterocycles. The summed E-state index contributed by atoms with van der Waals surface area (Å²) in [5, 5.41) is 20.8. The van der Waals surface area contributed by atoms with Gasteiger partial charge in [0.05, 0.1) is 11.1 Å². The van der Waals surface area contributed by atoms with Crippen LogP contribution in [0.1, 0.15) is 20.7 Å². The van der Waals surface area contributed by atoms with E-state index in [2.05, 4.69) is 0 Å². The highest BCUT2D eigenvalue weighted by Gasteiger charge is 2.47. The van der Waals surface area contributed by atoms with E-state index in [-0.39, 0.29) is 12.2 Å². The molecule has 1 aliphatic heterocycles. The number of hydrogen-bond donors (Lipinski definition) is 2. The van der Waals surface area contributed by atoms with Gasteiger partial charge in [0, 0.05) is 7.11 Å². The van der Waals surface area contributed by atoms with Crippen LogP contribution < -0.4 is 0 Å². The molecule has 3 rings (SSSR count). The van der Waals surface area contributed by atoms with Crippen molar-refractivity contribution in [3.05, 3.63) is 71.8 Å². The lowest BCUT2D eigenvalue weighted by Crippen LogP contribution is -2.60. The van der Waals surface area contributed by atoms with Crippen molar-refractivity contribution >= 4 is 11.9 Å². The van der Waals surface area contributed by atoms with Gasteiger partial charge in [-0.25, -0.2) is 9.59 Å². The molecule has 1 saturated heterocycles. The highest BCUT2D eigenvalue weighted by Crippen LogP contribution is 2.25. The molecule has 2 aromatic rings. The summed E-state index contributed by atoms with van der Waals surface area (Å²) in [6, 6.07) is 16.5. The van der Waals surface area contributed by atoms with Crippen LogP contribution in [0.25, 0.3) is 0 Å². The number of ether oxygens (including phenoxy) is 4. The average Bonchev–Trinajstić information content (AvgIpc) is 2.77. The molecule has 0 spiro atoms. The van der Waals surface area contributed by atoms with Crippen molar-refractivity contribution in [2.45, 2.75) is 30.7 Å². The first-order valence-corrected chi connectivity index (χ1v) is 9.04. The third-order valence-corrected chi connectivity index (χ3v) is 4.52. The van der Waals surface area contributed by atoms with E-state index < -0.39 is 42.6 Å². The Labute approximate surface area is 167 Å². The van der Waals surface area contributed by atoms with Gasteiger partial charge in [0.25, 0.3) is 0 Å². The van der Waals surface area contributed by atoms with E-state index in [1.54, 1.807) is 60.7 Å². The summed E-state index contributed by atoms with van der Waals surface area (Å²) < 4.78 is 21.2. The molecule has 8 heteroatoms. The topological polar surface area (TPSA) is 112 Å². The first kappa shape index (κ1) is 20.9. The third-order valence-electron chi connectivity index (χ3n) is 4.52. The van der Waals surface area contributed by atoms with Crippen molar-refractivity contribution in [3.63, 3.8) is 0 Å². The third kappa shape index (κ3) is 4.99. The van der Waals surface area contributed by atoms with Crippen LogP contribution in [0, 0.1) is 0 Å². The van der Waals surface area contributed by atoms with Gasteiger partial charge < -0.3 is 29.2 Å². The number of aliphatic hydroxyl groups is 2. The number of benzene rings is 2. The van der Waals surface area contributed by atoms with Gasteiger partial charge in [0.2, 0.25) is 0 Å². The molecule has 1 heterocycles. The van der Waals surface area contributed by atoms with Crippen molar-refractivity contribution in [2.24, 2.45) is 0 Å². The van der Waals surface area contributed by atoms with E-state index in [1.807, 2.05) is 0 Å². The number of rotatable bonds is 6. The summed E-state index contributed by atoms with van der Waals surface area (Å²) in [7, 11) is 1.31. The van der Waals surface area contributed by atoms with E-state index >= 15 is 0 Å². The van der Waals surface area contributed by atoms with Crippen LogP contribution in [-0.2, 0) is 18.9 Å². The van der Waals surface area contributed by atoms with Gasteiger partial charge in [0.15, 0.2) is 12.4 Å². The number of carbonyl (C=O) groups excluding carboxylic acids is 2. The standard InChI is InChI=1S/C21H22O8/c1-26-21-18(29-20(25)14-10-6-3-7-11-14)17(23)16(22)15(28-21)12-27-19(24)13-8-4-2-5-9-13/h2-11,15-18,21-23H,12H2,1H3/t15-,16-,17+,18+,21+/m1/s1. The van der Waals surface area contributed by atoms with Crippen molar-refractivity contribution in [1.82, 2.24) is 0 Å². The zero-order valence-corrected chi connectivity index (χ0v) is 15.7. The van der Waals surface area contributed by atoms with Gasteiger partial charge >= 0.3 is 11.9 Å². The number of carbonyl (C=O) groups is 2. The first-order chi connectivity index (χ1) is 14.0. The van der Waals surface area contributed by atoms with Crippen LogP contribution in [0.5, 0.6) is 0 Å². The first-order valence-electron chi connectivity index (χ1n) is 9.04. The van der Waals surface area contributed by atoms with Crippen molar-refractivity contribution < 1.29 is 38.7 Å². The smallest absolute Gasteiger partial charge is 0.338 e. The summed E-state index contributed by atoms with van der Waals surface area (Å²) >= 11 is 0. The maximum atomic E-state index is 12.3. The quantitative estimate of drug-likeness (QED) is 0.693. The minimum atomic E-state index is -1.50. The predicted molar refractivity (Wildman–Crippen MR) is 100 cm³/mol. The number of hydrogen-bond acceptors (Lipinski definition) is 8. The Hall–Kier alpha value is -2.78. The fraction of sp³-hybridized carbons (Fsp3) is 0.333. The van der Waals surface area contributed by atoms with Gasteiger partial charge in [-0.1, -0.05) is 36.4 Å². The summed E-state index contributed by atoms with van der Waals surface area (Å²) in [6.07, 6.45) is -6.43. The molecule has 0 amide bonds. The van der Waals surface area contributed by atoms with E-state index in [9.17, 15) is 19.8 Å². The molecule has 8 nitrogen and oxygen atoms in total. The zero-order chi connectivity index (χ0) is 20.8. The van der Waals surface area contributed by atoms with Gasteiger partial charge in [-0.3, -0.25) is 0 Å². The molecular weight excluding hydrogens is 380 g/mol.